The number of thiocarbonyl (C=S) groups is 1. The Bertz CT molecular complexity index is 809. The first-order valence-corrected chi connectivity index (χ1v) is 10.1. The van der Waals surface area contributed by atoms with E-state index < -0.39 is 9.84 Å². The quantitative estimate of drug-likeness (QED) is 0.695. The van der Waals surface area contributed by atoms with E-state index in [0.717, 1.165) is 5.69 Å². The molecule has 2 atom stereocenters. The predicted octanol–water partition coefficient (Wildman–Crippen LogP) is 0.356. The highest BCUT2D eigenvalue weighted by Gasteiger charge is 2.52. The van der Waals surface area contributed by atoms with Crippen molar-refractivity contribution >= 4 is 38.8 Å². The minimum Gasteiger partial charge on any atom is -0.495 e. The first kappa shape index (κ1) is 17.9. The summed E-state index contributed by atoms with van der Waals surface area (Å²) >= 11 is 5.62. The molecule has 2 aliphatic heterocycles. The van der Waals surface area contributed by atoms with Gasteiger partial charge in [-0.2, -0.15) is 0 Å². The number of sulfone groups is 1. The van der Waals surface area contributed by atoms with Crippen LogP contribution in [0.5, 0.6) is 5.75 Å². The second-order valence-corrected chi connectivity index (χ2v) is 8.97. The minimum absolute atomic E-state index is 0.00413. The summed E-state index contributed by atoms with van der Waals surface area (Å²) in [5, 5.41) is 0.463. The van der Waals surface area contributed by atoms with E-state index in [1.807, 2.05) is 29.2 Å². The number of carbonyl (C=O) groups is 1. The number of ether oxygens (including phenoxy) is 1. The maximum absolute atomic E-state index is 12.2. The fourth-order valence-electron chi connectivity index (χ4n) is 3.36. The molecule has 9 heteroatoms. The van der Waals surface area contributed by atoms with Crippen molar-refractivity contribution in [2.75, 3.05) is 44.2 Å². The van der Waals surface area contributed by atoms with E-state index in [4.69, 9.17) is 17.0 Å². The number of amides is 1. The van der Waals surface area contributed by atoms with Crippen LogP contribution in [-0.4, -0.2) is 80.6 Å². The normalized spacial score (nSPS) is 24.4. The number of fused-ring (bicyclic) bond motifs is 1. The summed E-state index contributed by atoms with van der Waals surface area (Å²) < 4.78 is 29.9. The minimum atomic E-state index is -3.19. The van der Waals surface area contributed by atoms with Crippen LogP contribution in [0.3, 0.4) is 0 Å². The van der Waals surface area contributed by atoms with E-state index in [1.165, 1.54) is 4.90 Å². The van der Waals surface area contributed by atoms with Gasteiger partial charge in [0.25, 0.3) is 0 Å². The molecular weight excluding hydrogens is 362 g/mol. The van der Waals surface area contributed by atoms with Crippen LogP contribution >= 0.6 is 12.2 Å². The van der Waals surface area contributed by atoms with Crippen LogP contribution in [-0.2, 0) is 14.6 Å². The molecule has 0 aromatic heterocycles. The first-order valence-electron chi connectivity index (χ1n) is 7.88. The summed E-state index contributed by atoms with van der Waals surface area (Å²) in [4.78, 5) is 17.2. The summed E-state index contributed by atoms with van der Waals surface area (Å²) in [6.07, 6.45) is 0. The number of anilines is 1. The Morgan fingerprint density at radius 3 is 2.56 bits per heavy atom. The van der Waals surface area contributed by atoms with Gasteiger partial charge in [0.1, 0.15) is 5.75 Å². The van der Waals surface area contributed by atoms with E-state index in [1.54, 1.807) is 26.1 Å². The van der Waals surface area contributed by atoms with Crippen molar-refractivity contribution in [3.8, 4) is 5.75 Å². The Kier molecular flexibility index (Phi) is 4.63. The lowest BCUT2D eigenvalue weighted by Crippen LogP contribution is -2.44. The average Bonchev–Trinajstić information content (AvgIpc) is 2.98. The summed E-state index contributed by atoms with van der Waals surface area (Å²) in [6, 6.07) is 6.72. The molecule has 0 saturated carbocycles. The first-order chi connectivity index (χ1) is 11.7. The van der Waals surface area contributed by atoms with E-state index in [9.17, 15) is 13.2 Å². The number of rotatable bonds is 4. The fourth-order valence-corrected chi connectivity index (χ4v) is 5.74. The summed E-state index contributed by atoms with van der Waals surface area (Å²) in [5.41, 5.74) is 0.724. The lowest BCUT2D eigenvalue weighted by molar-refractivity contribution is -0.129. The van der Waals surface area contributed by atoms with Crippen molar-refractivity contribution in [3.63, 3.8) is 0 Å². The molecule has 0 radical (unpaired) electrons. The third-order valence-corrected chi connectivity index (χ3v) is 6.76. The second kappa shape index (κ2) is 6.45. The molecule has 2 fully saturated rings. The molecule has 2 saturated heterocycles. The molecule has 0 unspecified atom stereocenters. The topological polar surface area (TPSA) is 70.2 Å². The van der Waals surface area contributed by atoms with E-state index in [2.05, 4.69) is 0 Å². The maximum Gasteiger partial charge on any atom is 0.241 e. The smallest absolute Gasteiger partial charge is 0.241 e. The number of benzene rings is 1. The molecule has 0 N–H and O–H groups in total. The zero-order chi connectivity index (χ0) is 18.4. The molecule has 0 aliphatic carbocycles. The van der Waals surface area contributed by atoms with E-state index in [-0.39, 0.29) is 36.0 Å². The van der Waals surface area contributed by atoms with Gasteiger partial charge < -0.3 is 19.4 Å². The predicted molar refractivity (Wildman–Crippen MR) is 99.7 cm³/mol. The number of hydrogen-bond acceptors (Lipinski definition) is 5. The van der Waals surface area contributed by atoms with E-state index >= 15 is 0 Å². The number of methoxy groups -OCH3 is 1. The van der Waals surface area contributed by atoms with Crippen LogP contribution in [0.4, 0.5) is 5.69 Å². The highest BCUT2D eigenvalue weighted by molar-refractivity contribution is 7.91. The largest absolute Gasteiger partial charge is 0.495 e. The zero-order valence-electron chi connectivity index (χ0n) is 14.4. The Morgan fingerprint density at radius 1 is 1.28 bits per heavy atom. The SMILES string of the molecule is COc1ccccc1N1C(=S)N(CC(=O)N(C)C)[C@H]2CS(=O)(=O)C[C@@H]21. The molecule has 1 aromatic rings. The number of likely N-dealkylation sites (N-methyl/N-ethyl adjacent to an activating group) is 1. The molecule has 2 heterocycles. The van der Waals surface area contributed by atoms with Gasteiger partial charge in [0.15, 0.2) is 14.9 Å². The number of carbonyl (C=O) groups excluding carboxylic acids is 1. The van der Waals surface area contributed by atoms with Crippen molar-refractivity contribution < 1.29 is 17.9 Å². The highest BCUT2D eigenvalue weighted by atomic mass is 32.2. The molecule has 2 aliphatic rings. The Labute approximate surface area is 153 Å². The number of para-hydroxylation sites is 2. The van der Waals surface area contributed by atoms with Gasteiger partial charge in [-0.25, -0.2) is 8.42 Å². The van der Waals surface area contributed by atoms with Crippen LogP contribution in [0.1, 0.15) is 0 Å². The number of nitrogens with zero attached hydrogens (tertiary/aromatic N) is 3. The van der Waals surface area contributed by atoms with Gasteiger partial charge in [-0.05, 0) is 24.4 Å². The highest BCUT2D eigenvalue weighted by Crippen LogP contribution is 2.39. The van der Waals surface area contributed by atoms with Gasteiger partial charge in [-0.3, -0.25) is 4.79 Å². The summed E-state index contributed by atoms with van der Waals surface area (Å²) in [6.45, 7) is 0.0637. The third kappa shape index (κ3) is 3.18. The van der Waals surface area contributed by atoms with Crippen molar-refractivity contribution in [1.29, 1.82) is 0 Å². The van der Waals surface area contributed by atoms with Crippen molar-refractivity contribution in [2.45, 2.75) is 12.1 Å². The Morgan fingerprint density at radius 2 is 1.92 bits per heavy atom. The van der Waals surface area contributed by atoms with Crippen molar-refractivity contribution in [1.82, 2.24) is 9.80 Å². The van der Waals surface area contributed by atoms with Gasteiger partial charge in [0.2, 0.25) is 5.91 Å². The lowest BCUT2D eigenvalue weighted by Gasteiger charge is -2.27. The monoisotopic (exact) mass is 383 g/mol. The van der Waals surface area contributed by atoms with Crippen LogP contribution in [0.15, 0.2) is 24.3 Å². The number of hydrogen-bond donors (Lipinski definition) is 0. The molecule has 1 amide bonds. The molecular formula is C16H21N3O4S2. The summed E-state index contributed by atoms with van der Waals surface area (Å²) in [7, 11) is 1.71. The molecule has 0 bridgehead atoms. The van der Waals surface area contributed by atoms with Crippen molar-refractivity contribution in [2.24, 2.45) is 0 Å². The Hall–Kier alpha value is -1.87. The fraction of sp³-hybridized carbons (Fsp3) is 0.500. The van der Waals surface area contributed by atoms with E-state index in [0.29, 0.717) is 10.9 Å². The molecule has 0 spiro atoms. The van der Waals surface area contributed by atoms with Gasteiger partial charge >= 0.3 is 0 Å². The summed E-state index contributed by atoms with van der Waals surface area (Å²) in [5.74, 6) is 0.521. The van der Waals surface area contributed by atoms with Crippen LogP contribution in [0.25, 0.3) is 0 Å². The van der Waals surface area contributed by atoms with Gasteiger partial charge in [0.05, 0.1) is 42.9 Å². The second-order valence-electron chi connectivity index (χ2n) is 6.45. The third-order valence-electron chi connectivity index (χ3n) is 4.63. The molecule has 1 aromatic carbocycles. The van der Waals surface area contributed by atoms with Gasteiger partial charge in [-0.1, -0.05) is 12.1 Å². The maximum atomic E-state index is 12.2. The average molecular weight is 383 g/mol. The molecule has 25 heavy (non-hydrogen) atoms. The molecule has 7 nitrogen and oxygen atoms in total. The lowest BCUT2D eigenvalue weighted by atomic mass is 10.1. The van der Waals surface area contributed by atoms with Crippen molar-refractivity contribution in [3.05, 3.63) is 24.3 Å². The van der Waals surface area contributed by atoms with Gasteiger partial charge in [-0.15, -0.1) is 0 Å². The van der Waals surface area contributed by atoms with Crippen LogP contribution in [0.2, 0.25) is 0 Å². The van der Waals surface area contributed by atoms with Gasteiger partial charge in [0, 0.05) is 14.1 Å². The molecule has 136 valence electrons. The zero-order valence-corrected chi connectivity index (χ0v) is 16.0. The Balaban J connectivity index is 2.01. The standard InChI is InChI=1S/C16H21N3O4S2/c1-17(2)15(20)8-18-12-9-25(21,22)10-13(12)19(16(18)24)11-6-4-5-7-14(11)23-3/h4-7,12-13H,8-10H2,1-3H3/t12-,13-/m0/s1. The van der Waals surface area contributed by atoms with Crippen LogP contribution in [0, 0.1) is 0 Å². The molecule has 3 rings (SSSR count). The van der Waals surface area contributed by atoms with Crippen LogP contribution < -0.4 is 9.64 Å².